The Balaban J connectivity index is 3.75. The first kappa shape index (κ1) is 8.69. The largest absolute Gasteiger partial charge is 0.535 e. The Kier molecular flexibility index (Phi) is 2.90. The number of aliphatic imine (C=N–C) groups is 1. The van der Waals surface area contributed by atoms with Gasteiger partial charge < -0.3 is 4.43 Å². The Morgan fingerprint density at radius 1 is 1.33 bits per heavy atom. The highest BCUT2D eigenvalue weighted by atomic mass is 28.4. The van der Waals surface area contributed by atoms with Crippen LogP contribution in [0.1, 0.15) is 6.92 Å². The van der Waals surface area contributed by atoms with E-state index >= 15 is 0 Å². The monoisotopic (exact) mass is 145 g/mol. The Morgan fingerprint density at radius 3 is 1.89 bits per heavy atom. The van der Waals surface area contributed by atoms with Gasteiger partial charge in [0.2, 0.25) is 8.32 Å². The van der Waals surface area contributed by atoms with Crippen LogP contribution in [0.5, 0.6) is 0 Å². The van der Waals surface area contributed by atoms with Crippen molar-refractivity contribution < 1.29 is 4.43 Å². The van der Waals surface area contributed by atoms with E-state index in [1.165, 1.54) is 0 Å². The molecule has 0 N–H and O–H groups in total. The van der Waals surface area contributed by atoms with Crippen LogP contribution in [0.25, 0.3) is 0 Å². The van der Waals surface area contributed by atoms with Gasteiger partial charge in [0.05, 0.1) is 0 Å². The molecule has 2 nitrogen and oxygen atoms in total. The fourth-order valence-corrected chi connectivity index (χ4v) is 1.47. The fraction of sp³-hybridized carbons (Fsp3) is 0.833. The first-order chi connectivity index (χ1) is 3.95. The van der Waals surface area contributed by atoms with Crippen molar-refractivity contribution in [2.45, 2.75) is 26.6 Å². The highest BCUT2D eigenvalue weighted by Crippen LogP contribution is 2.02. The second kappa shape index (κ2) is 3.01. The Hall–Kier alpha value is -0.313. The maximum Gasteiger partial charge on any atom is 0.243 e. The minimum absolute atomic E-state index is 0.800. The summed E-state index contributed by atoms with van der Waals surface area (Å²) in [6, 6.07) is 0. The van der Waals surface area contributed by atoms with Crippen LogP contribution in [0.2, 0.25) is 19.6 Å². The summed E-state index contributed by atoms with van der Waals surface area (Å²) in [6.07, 6.45) is 0. The van der Waals surface area contributed by atoms with Gasteiger partial charge in [-0.05, 0) is 19.6 Å². The van der Waals surface area contributed by atoms with E-state index in [-0.39, 0.29) is 0 Å². The average Bonchev–Trinajstić information content (AvgIpc) is 1.62. The molecule has 0 amide bonds. The molecule has 0 rings (SSSR count). The summed E-state index contributed by atoms with van der Waals surface area (Å²) in [5, 5.41) is 0. The van der Waals surface area contributed by atoms with Crippen LogP contribution in [0, 0.1) is 0 Å². The first-order valence-electron chi connectivity index (χ1n) is 3.08. The quantitative estimate of drug-likeness (QED) is 0.314. The topological polar surface area (TPSA) is 21.6 Å². The molecule has 0 radical (unpaired) electrons. The Labute approximate surface area is 58.1 Å². The summed E-state index contributed by atoms with van der Waals surface area (Å²) >= 11 is 0. The molecule has 0 aromatic rings. The minimum atomic E-state index is -1.37. The van der Waals surface area contributed by atoms with Crippen LogP contribution in [0.15, 0.2) is 4.99 Å². The summed E-state index contributed by atoms with van der Waals surface area (Å²) in [5.74, 6) is 0.800. The zero-order valence-electron chi connectivity index (χ0n) is 6.86. The number of hydrogen-bond donors (Lipinski definition) is 0. The van der Waals surface area contributed by atoms with Gasteiger partial charge in [0.15, 0.2) is 5.90 Å². The SMILES string of the molecule is CN=C(C)O[Si](C)(C)C. The predicted molar refractivity (Wildman–Crippen MR) is 43.5 cm³/mol. The molecule has 54 valence electrons. The van der Waals surface area contributed by atoms with E-state index in [1.54, 1.807) is 7.05 Å². The van der Waals surface area contributed by atoms with Gasteiger partial charge in [0.25, 0.3) is 0 Å². The van der Waals surface area contributed by atoms with E-state index in [2.05, 4.69) is 24.6 Å². The molecule has 0 unspecified atom stereocenters. The number of rotatable bonds is 1. The Bertz CT molecular complexity index is 115. The van der Waals surface area contributed by atoms with Gasteiger partial charge >= 0.3 is 0 Å². The van der Waals surface area contributed by atoms with Crippen LogP contribution in [0.4, 0.5) is 0 Å². The highest BCUT2D eigenvalue weighted by molar-refractivity contribution is 6.71. The van der Waals surface area contributed by atoms with Crippen molar-refractivity contribution in [3.8, 4) is 0 Å². The molecule has 0 bridgehead atoms. The molecule has 0 aliphatic carbocycles. The lowest BCUT2D eigenvalue weighted by Gasteiger charge is -2.17. The van der Waals surface area contributed by atoms with Gasteiger partial charge in [-0.3, -0.25) is 4.99 Å². The first-order valence-corrected chi connectivity index (χ1v) is 6.49. The average molecular weight is 145 g/mol. The van der Waals surface area contributed by atoms with E-state index in [9.17, 15) is 0 Å². The fourth-order valence-electron chi connectivity index (χ4n) is 0.489. The van der Waals surface area contributed by atoms with Crippen molar-refractivity contribution in [2.24, 2.45) is 4.99 Å². The third kappa shape index (κ3) is 5.56. The Morgan fingerprint density at radius 2 is 1.78 bits per heavy atom. The molecule has 0 spiro atoms. The van der Waals surface area contributed by atoms with Gasteiger partial charge in [-0.15, -0.1) is 0 Å². The zero-order chi connectivity index (χ0) is 7.49. The summed E-state index contributed by atoms with van der Waals surface area (Å²) in [7, 11) is 0.373. The molecule has 0 atom stereocenters. The van der Waals surface area contributed by atoms with E-state index in [4.69, 9.17) is 4.43 Å². The van der Waals surface area contributed by atoms with Crippen molar-refractivity contribution in [1.29, 1.82) is 0 Å². The van der Waals surface area contributed by atoms with E-state index in [0.717, 1.165) is 5.90 Å². The molecule has 0 aliphatic rings. The summed E-state index contributed by atoms with van der Waals surface area (Å²) in [4.78, 5) is 3.90. The van der Waals surface area contributed by atoms with Crippen molar-refractivity contribution in [2.75, 3.05) is 7.05 Å². The minimum Gasteiger partial charge on any atom is -0.535 e. The van der Waals surface area contributed by atoms with Crippen molar-refractivity contribution >= 4 is 14.2 Å². The summed E-state index contributed by atoms with van der Waals surface area (Å²) in [5.41, 5.74) is 0. The standard InChI is InChI=1S/C6H15NOSi/c1-6(7-2)8-9(3,4)5/h1-5H3. The molecular formula is C6H15NOSi. The van der Waals surface area contributed by atoms with Crippen molar-refractivity contribution in [3.63, 3.8) is 0 Å². The molecule has 0 saturated heterocycles. The normalized spacial score (nSPS) is 13.7. The van der Waals surface area contributed by atoms with Gasteiger partial charge in [0.1, 0.15) is 0 Å². The van der Waals surface area contributed by atoms with Gasteiger partial charge in [-0.1, -0.05) is 0 Å². The van der Waals surface area contributed by atoms with E-state index in [1.807, 2.05) is 6.92 Å². The predicted octanol–water partition coefficient (Wildman–Crippen LogP) is 1.89. The highest BCUT2D eigenvalue weighted by Gasteiger charge is 2.15. The molecule has 0 aliphatic heterocycles. The molecule has 0 aromatic heterocycles. The molecule has 3 heteroatoms. The molecule has 9 heavy (non-hydrogen) atoms. The van der Waals surface area contributed by atoms with Crippen LogP contribution in [0.3, 0.4) is 0 Å². The number of nitrogens with zero attached hydrogens (tertiary/aromatic N) is 1. The van der Waals surface area contributed by atoms with E-state index < -0.39 is 8.32 Å². The van der Waals surface area contributed by atoms with Crippen molar-refractivity contribution in [3.05, 3.63) is 0 Å². The zero-order valence-corrected chi connectivity index (χ0v) is 7.86. The van der Waals surface area contributed by atoms with Crippen LogP contribution in [-0.4, -0.2) is 21.3 Å². The maximum atomic E-state index is 5.48. The van der Waals surface area contributed by atoms with Gasteiger partial charge in [0, 0.05) is 14.0 Å². The second-order valence-electron chi connectivity index (χ2n) is 2.96. The lowest BCUT2D eigenvalue weighted by atomic mass is 10.8. The number of hydrogen-bond acceptors (Lipinski definition) is 2. The van der Waals surface area contributed by atoms with E-state index in [0.29, 0.717) is 0 Å². The van der Waals surface area contributed by atoms with Crippen LogP contribution >= 0.6 is 0 Å². The third-order valence-corrected chi connectivity index (χ3v) is 1.68. The van der Waals surface area contributed by atoms with Crippen LogP contribution in [-0.2, 0) is 4.43 Å². The maximum absolute atomic E-state index is 5.48. The molecule has 0 heterocycles. The molecule has 0 fully saturated rings. The van der Waals surface area contributed by atoms with Gasteiger partial charge in [-0.2, -0.15) is 0 Å². The second-order valence-corrected chi connectivity index (χ2v) is 7.39. The summed E-state index contributed by atoms with van der Waals surface area (Å²) in [6.45, 7) is 8.31. The molecule has 0 saturated carbocycles. The third-order valence-electron chi connectivity index (χ3n) is 0.769. The lowest BCUT2D eigenvalue weighted by Crippen LogP contribution is -2.27. The smallest absolute Gasteiger partial charge is 0.243 e. The van der Waals surface area contributed by atoms with Crippen LogP contribution < -0.4 is 0 Å². The summed E-state index contributed by atoms with van der Waals surface area (Å²) < 4.78 is 5.48. The molecule has 0 aromatic carbocycles. The lowest BCUT2D eigenvalue weighted by molar-refractivity contribution is 0.546. The van der Waals surface area contributed by atoms with Crippen molar-refractivity contribution in [1.82, 2.24) is 0 Å². The van der Waals surface area contributed by atoms with Gasteiger partial charge in [-0.25, -0.2) is 0 Å². The molecular weight excluding hydrogens is 130 g/mol.